The molecular formula is C17H21NO4. The minimum Gasteiger partial charge on any atom is -0.451 e. The fourth-order valence-electron chi connectivity index (χ4n) is 3.25. The maximum absolute atomic E-state index is 12.7. The summed E-state index contributed by atoms with van der Waals surface area (Å²) in [7, 11) is 1.65. The van der Waals surface area contributed by atoms with Crippen LogP contribution in [0, 0.1) is 6.92 Å². The van der Waals surface area contributed by atoms with Crippen LogP contribution in [0.25, 0.3) is 11.0 Å². The Hall–Kier alpha value is -1.85. The molecule has 5 nitrogen and oxygen atoms in total. The van der Waals surface area contributed by atoms with Crippen molar-refractivity contribution >= 4 is 16.9 Å². The van der Waals surface area contributed by atoms with E-state index in [0.29, 0.717) is 24.2 Å². The number of aliphatic hydroxyl groups is 2. The molecule has 22 heavy (non-hydrogen) atoms. The number of hydrogen-bond donors (Lipinski definition) is 2. The van der Waals surface area contributed by atoms with Crippen molar-refractivity contribution in [1.29, 1.82) is 0 Å². The van der Waals surface area contributed by atoms with Crippen molar-refractivity contribution in [3.63, 3.8) is 0 Å². The van der Waals surface area contributed by atoms with Gasteiger partial charge in [0.1, 0.15) is 11.7 Å². The third kappa shape index (κ3) is 2.40. The highest BCUT2D eigenvalue weighted by Crippen LogP contribution is 2.28. The van der Waals surface area contributed by atoms with Gasteiger partial charge in [-0.25, -0.2) is 0 Å². The average Bonchev–Trinajstić information content (AvgIpc) is 2.86. The highest BCUT2D eigenvalue weighted by Gasteiger charge is 2.36. The van der Waals surface area contributed by atoms with E-state index in [-0.39, 0.29) is 11.9 Å². The minimum atomic E-state index is -0.910. The van der Waals surface area contributed by atoms with Gasteiger partial charge in [-0.05, 0) is 32.3 Å². The fourth-order valence-corrected chi connectivity index (χ4v) is 3.25. The zero-order valence-corrected chi connectivity index (χ0v) is 12.8. The molecule has 0 unspecified atom stereocenters. The number of rotatable bonds is 2. The number of aryl methyl sites for hydroxylation is 1. The quantitative estimate of drug-likeness (QED) is 0.891. The summed E-state index contributed by atoms with van der Waals surface area (Å²) in [6.07, 6.45) is 0.362. The van der Waals surface area contributed by atoms with Gasteiger partial charge in [-0.2, -0.15) is 0 Å². The smallest absolute Gasteiger partial charge is 0.289 e. The van der Waals surface area contributed by atoms with Gasteiger partial charge in [0.15, 0.2) is 5.76 Å². The fraction of sp³-hybridized carbons (Fsp3) is 0.471. The first kappa shape index (κ1) is 15.1. The molecule has 1 heterocycles. The Morgan fingerprint density at radius 3 is 2.73 bits per heavy atom. The Labute approximate surface area is 129 Å². The van der Waals surface area contributed by atoms with Crippen LogP contribution in [0.3, 0.4) is 0 Å². The molecule has 0 spiro atoms. The van der Waals surface area contributed by atoms with E-state index in [9.17, 15) is 15.0 Å². The summed E-state index contributed by atoms with van der Waals surface area (Å²) >= 11 is 0. The molecule has 5 heteroatoms. The van der Waals surface area contributed by atoms with E-state index in [1.165, 1.54) is 4.90 Å². The maximum atomic E-state index is 12.7. The average molecular weight is 303 g/mol. The van der Waals surface area contributed by atoms with Crippen molar-refractivity contribution in [2.24, 2.45) is 0 Å². The van der Waals surface area contributed by atoms with Gasteiger partial charge < -0.3 is 19.5 Å². The lowest BCUT2D eigenvalue weighted by Gasteiger charge is -2.37. The van der Waals surface area contributed by atoms with Crippen LogP contribution in [-0.4, -0.2) is 46.3 Å². The number of amides is 1. The predicted octanol–water partition coefficient (Wildman–Crippen LogP) is 2.09. The molecule has 1 amide bonds. The Bertz CT molecular complexity index is 693. The first-order chi connectivity index (χ1) is 10.5. The van der Waals surface area contributed by atoms with E-state index in [1.807, 2.05) is 31.2 Å². The van der Waals surface area contributed by atoms with Crippen molar-refractivity contribution in [2.75, 3.05) is 7.05 Å². The molecule has 1 fully saturated rings. The minimum absolute atomic E-state index is 0.258. The molecule has 1 aliphatic carbocycles. The van der Waals surface area contributed by atoms with E-state index in [4.69, 9.17) is 4.42 Å². The topological polar surface area (TPSA) is 73.9 Å². The second-order valence-corrected chi connectivity index (χ2v) is 6.02. The second-order valence-electron chi connectivity index (χ2n) is 6.02. The van der Waals surface area contributed by atoms with Gasteiger partial charge in [0, 0.05) is 18.0 Å². The molecule has 118 valence electrons. The number of fused-ring (bicyclic) bond motifs is 1. The number of furan rings is 1. The van der Waals surface area contributed by atoms with E-state index >= 15 is 0 Å². The zero-order chi connectivity index (χ0) is 15.9. The molecule has 3 rings (SSSR count). The van der Waals surface area contributed by atoms with Gasteiger partial charge in [0.2, 0.25) is 0 Å². The number of benzene rings is 1. The number of hydrogen-bond acceptors (Lipinski definition) is 4. The van der Waals surface area contributed by atoms with Gasteiger partial charge >= 0.3 is 0 Å². The lowest BCUT2D eigenvalue weighted by atomic mass is 9.89. The molecule has 2 aromatic rings. The number of aliphatic hydroxyl groups excluding tert-OH is 2. The lowest BCUT2D eigenvalue weighted by Crippen LogP contribution is -2.51. The number of nitrogens with zero attached hydrogens (tertiary/aromatic N) is 1. The van der Waals surface area contributed by atoms with Crippen LogP contribution in [-0.2, 0) is 0 Å². The highest BCUT2D eigenvalue weighted by atomic mass is 16.3. The molecule has 1 aromatic heterocycles. The van der Waals surface area contributed by atoms with Gasteiger partial charge in [-0.1, -0.05) is 18.2 Å². The largest absolute Gasteiger partial charge is 0.451 e. The first-order valence-corrected chi connectivity index (χ1v) is 7.62. The Morgan fingerprint density at radius 1 is 1.27 bits per heavy atom. The highest BCUT2D eigenvalue weighted by molar-refractivity contribution is 5.98. The summed E-state index contributed by atoms with van der Waals surface area (Å²) in [4.78, 5) is 14.2. The summed E-state index contributed by atoms with van der Waals surface area (Å²) in [6.45, 7) is 1.86. The number of para-hydroxylation sites is 1. The van der Waals surface area contributed by atoms with Crippen molar-refractivity contribution in [1.82, 2.24) is 4.90 Å². The molecule has 2 N–H and O–H groups in total. The van der Waals surface area contributed by atoms with E-state index in [1.54, 1.807) is 7.05 Å². The molecule has 1 saturated carbocycles. The summed E-state index contributed by atoms with van der Waals surface area (Å²) in [5.41, 5.74) is 1.49. The van der Waals surface area contributed by atoms with Crippen LogP contribution in [0.4, 0.5) is 0 Å². The summed E-state index contributed by atoms with van der Waals surface area (Å²) in [6, 6.07) is 7.14. The molecular weight excluding hydrogens is 282 g/mol. The molecule has 3 atom stereocenters. The van der Waals surface area contributed by atoms with Gasteiger partial charge in [0.05, 0.1) is 12.1 Å². The third-order valence-electron chi connectivity index (χ3n) is 4.64. The summed E-state index contributed by atoms with van der Waals surface area (Å²) in [5, 5.41) is 20.9. The summed E-state index contributed by atoms with van der Waals surface area (Å²) < 4.78 is 5.70. The van der Waals surface area contributed by atoms with Crippen LogP contribution in [0.5, 0.6) is 0 Å². The zero-order valence-electron chi connectivity index (χ0n) is 12.8. The number of carbonyl (C=O) groups is 1. The van der Waals surface area contributed by atoms with Crippen molar-refractivity contribution < 1.29 is 19.4 Å². The Morgan fingerprint density at radius 2 is 2.00 bits per heavy atom. The van der Waals surface area contributed by atoms with Crippen molar-refractivity contribution in [2.45, 2.75) is 44.4 Å². The van der Waals surface area contributed by atoms with Gasteiger partial charge in [0.25, 0.3) is 5.91 Å². The molecule has 0 radical (unpaired) electrons. The number of likely N-dealkylation sites (N-methyl/N-ethyl adjacent to an activating group) is 1. The molecule has 0 saturated heterocycles. The standard InChI is InChI=1S/C17H21NO4/c1-10-11-6-3-4-9-14(11)22-16(10)17(21)18(2)12-7-5-8-13(19)15(12)20/h3-4,6,9,12-13,15,19-20H,5,7-8H2,1-2H3/t12-,13-,15-/m1/s1. The molecule has 0 bridgehead atoms. The third-order valence-corrected chi connectivity index (χ3v) is 4.64. The van der Waals surface area contributed by atoms with Crippen LogP contribution >= 0.6 is 0 Å². The van der Waals surface area contributed by atoms with Crippen LogP contribution in [0.15, 0.2) is 28.7 Å². The van der Waals surface area contributed by atoms with Crippen molar-refractivity contribution in [3.05, 3.63) is 35.6 Å². The van der Waals surface area contributed by atoms with Gasteiger partial charge in [-0.3, -0.25) is 4.79 Å². The second kappa shape index (κ2) is 5.74. The van der Waals surface area contributed by atoms with Crippen LogP contribution in [0.2, 0.25) is 0 Å². The molecule has 1 aliphatic rings. The molecule has 0 aliphatic heterocycles. The van der Waals surface area contributed by atoms with E-state index in [2.05, 4.69) is 0 Å². The number of carbonyl (C=O) groups excluding carboxylic acids is 1. The predicted molar refractivity (Wildman–Crippen MR) is 82.7 cm³/mol. The monoisotopic (exact) mass is 303 g/mol. The van der Waals surface area contributed by atoms with E-state index in [0.717, 1.165) is 17.4 Å². The maximum Gasteiger partial charge on any atom is 0.289 e. The first-order valence-electron chi connectivity index (χ1n) is 7.62. The van der Waals surface area contributed by atoms with Crippen LogP contribution < -0.4 is 0 Å². The van der Waals surface area contributed by atoms with Crippen LogP contribution in [0.1, 0.15) is 35.4 Å². The van der Waals surface area contributed by atoms with Gasteiger partial charge in [-0.15, -0.1) is 0 Å². The normalized spacial score (nSPS) is 25.4. The Balaban J connectivity index is 1.90. The molecule has 1 aromatic carbocycles. The lowest BCUT2D eigenvalue weighted by molar-refractivity contribution is -0.0530. The Kier molecular flexibility index (Phi) is 3.93. The van der Waals surface area contributed by atoms with Crippen molar-refractivity contribution in [3.8, 4) is 0 Å². The summed E-state index contributed by atoms with van der Waals surface area (Å²) in [5.74, 6) is 0.0443. The van der Waals surface area contributed by atoms with E-state index < -0.39 is 12.2 Å². The SMILES string of the molecule is Cc1c(C(=O)N(C)[C@@H]2CCC[C@@H](O)[C@@H]2O)oc2ccccc12.